The highest BCUT2D eigenvalue weighted by Crippen LogP contribution is 2.37. The zero-order valence-electron chi connectivity index (χ0n) is 11.6. The van der Waals surface area contributed by atoms with Gasteiger partial charge < -0.3 is 10.4 Å². The first-order valence-corrected chi connectivity index (χ1v) is 7.91. The summed E-state index contributed by atoms with van der Waals surface area (Å²) in [4.78, 5) is 24.6. The van der Waals surface area contributed by atoms with Gasteiger partial charge in [0.2, 0.25) is 5.91 Å². The van der Waals surface area contributed by atoms with E-state index in [2.05, 4.69) is 5.32 Å². The number of nitrogens with one attached hydrogen (secondary N) is 1. The summed E-state index contributed by atoms with van der Waals surface area (Å²) in [6.07, 6.45) is 3.20. The molecule has 1 aliphatic carbocycles. The van der Waals surface area contributed by atoms with Crippen molar-refractivity contribution < 1.29 is 14.7 Å². The van der Waals surface area contributed by atoms with E-state index in [-0.39, 0.29) is 11.8 Å². The van der Waals surface area contributed by atoms with Gasteiger partial charge >= 0.3 is 5.97 Å². The number of aliphatic carboxylic acids is 1. The fraction of sp³-hybridized carbons (Fsp3) is 0.467. The Bertz CT molecular complexity index is 518. The number of hydrogen-bond donors (Lipinski definition) is 2. The summed E-state index contributed by atoms with van der Waals surface area (Å²) in [6.45, 7) is 2.00. The first-order valence-electron chi connectivity index (χ1n) is 6.69. The Labute approximate surface area is 123 Å². The number of carbonyl (C=O) groups excluding carboxylic acids is 1. The molecule has 0 heterocycles. The maximum absolute atomic E-state index is 12.3. The summed E-state index contributed by atoms with van der Waals surface area (Å²) in [5.41, 5.74) is 0.727. The molecule has 0 bridgehead atoms. The van der Waals surface area contributed by atoms with E-state index < -0.39 is 17.8 Å². The molecule has 0 aromatic heterocycles. The first-order chi connectivity index (χ1) is 9.51. The van der Waals surface area contributed by atoms with Crippen LogP contribution in [0.5, 0.6) is 0 Å². The molecule has 1 aromatic carbocycles. The molecule has 1 saturated carbocycles. The second-order valence-corrected chi connectivity index (χ2v) is 6.23. The van der Waals surface area contributed by atoms with Crippen LogP contribution in [0.25, 0.3) is 0 Å². The van der Waals surface area contributed by atoms with Crippen molar-refractivity contribution in [3.63, 3.8) is 0 Å². The van der Waals surface area contributed by atoms with Gasteiger partial charge in [0.05, 0.1) is 11.8 Å². The summed E-state index contributed by atoms with van der Waals surface area (Å²) < 4.78 is 0. The van der Waals surface area contributed by atoms with Gasteiger partial charge in [0, 0.05) is 10.6 Å². The van der Waals surface area contributed by atoms with E-state index >= 15 is 0 Å². The molecule has 3 unspecified atom stereocenters. The highest BCUT2D eigenvalue weighted by Gasteiger charge is 2.41. The second-order valence-electron chi connectivity index (χ2n) is 5.35. The lowest BCUT2D eigenvalue weighted by Gasteiger charge is -2.15. The summed E-state index contributed by atoms with van der Waals surface area (Å²) in [6, 6.07) is 7.58. The molecule has 1 aromatic rings. The van der Waals surface area contributed by atoms with Gasteiger partial charge in [-0.2, -0.15) is 0 Å². The molecular formula is C15H19NO3S. The lowest BCUT2D eigenvalue weighted by Crippen LogP contribution is -2.29. The number of thioether (sulfide) groups is 1. The van der Waals surface area contributed by atoms with Crippen LogP contribution in [0.3, 0.4) is 0 Å². The quantitative estimate of drug-likeness (QED) is 0.837. The van der Waals surface area contributed by atoms with E-state index in [1.54, 1.807) is 11.8 Å². The summed E-state index contributed by atoms with van der Waals surface area (Å²) in [5, 5.41) is 12.1. The van der Waals surface area contributed by atoms with Crippen LogP contribution >= 0.6 is 11.8 Å². The molecule has 1 aliphatic rings. The Morgan fingerprint density at radius 3 is 2.65 bits per heavy atom. The largest absolute Gasteiger partial charge is 0.481 e. The van der Waals surface area contributed by atoms with Crippen molar-refractivity contribution in [3.8, 4) is 0 Å². The molecule has 0 aliphatic heterocycles. The number of carboxylic acid groups (broad SMARTS) is 1. The SMILES string of the molecule is CSc1cccc(NC(=O)C2CC(C)CC2C(=O)O)c1. The lowest BCUT2D eigenvalue weighted by molar-refractivity contribution is -0.145. The van der Waals surface area contributed by atoms with Crippen LogP contribution in [-0.2, 0) is 9.59 Å². The Kier molecular flexibility index (Phi) is 4.70. The molecule has 1 amide bonds. The average molecular weight is 293 g/mol. The van der Waals surface area contributed by atoms with Gasteiger partial charge in [0.15, 0.2) is 0 Å². The molecule has 2 rings (SSSR count). The molecule has 2 N–H and O–H groups in total. The molecule has 0 radical (unpaired) electrons. The number of amides is 1. The second kappa shape index (κ2) is 6.31. The molecule has 1 fully saturated rings. The highest BCUT2D eigenvalue weighted by atomic mass is 32.2. The van der Waals surface area contributed by atoms with Crippen molar-refractivity contribution >= 4 is 29.3 Å². The smallest absolute Gasteiger partial charge is 0.307 e. The minimum absolute atomic E-state index is 0.181. The van der Waals surface area contributed by atoms with E-state index in [1.807, 2.05) is 37.4 Å². The van der Waals surface area contributed by atoms with Crippen LogP contribution in [0.2, 0.25) is 0 Å². The van der Waals surface area contributed by atoms with Crippen molar-refractivity contribution in [2.24, 2.45) is 17.8 Å². The Morgan fingerprint density at radius 1 is 1.30 bits per heavy atom. The van der Waals surface area contributed by atoms with E-state index in [0.717, 1.165) is 10.6 Å². The topological polar surface area (TPSA) is 66.4 Å². The van der Waals surface area contributed by atoms with Crippen LogP contribution in [0, 0.1) is 17.8 Å². The number of carboxylic acids is 1. The van der Waals surface area contributed by atoms with Crippen LogP contribution < -0.4 is 5.32 Å². The molecule has 108 valence electrons. The summed E-state index contributed by atoms with van der Waals surface area (Å²) in [7, 11) is 0. The van der Waals surface area contributed by atoms with E-state index in [0.29, 0.717) is 12.8 Å². The van der Waals surface area contributed by atoms with Gasteiger partial charge in [-0.1, -0.05) is 13.0 Å². The molecular weight excluding hydrogens is 274 g/mol. The van der Waals surface area contributed by atoms with Crippen LogP contribution in [0.15, 0.2) is 29.2 Å². The number of hydrogen-bond acceptors (Lipinski definition) is 3. The van der Waals surface area contributed by atoms with Gasteiger partial charge in [-0.15, -0.1) is 11.8 Å². The van der Waals surface area contributed by atoms with Crippen LogP contribution in [-0.4, -0.2) is 23.2 Å². The van der Waals surface area contributed by atoms with Crippen molar-refractivity contribution in [1.29, 1.82) is 0 Å². The number of rotatable bonds is 4. The van der Waals surface area contributed by atoms with Gasteiger partial charge in [-0.05, 0) is 43.2 Å². The van der Waals surface area contributed by atoms with Crippen molar-refractivity contribution in [2.75, 3.05) is 11.6 Å². The lowest BCUT2D eigenvalue weighted by atomic mass is 9.95. The summed E-state index contributed by atoms with van der Waals surface area (Å²) >= 11 is 1.60. The van der Waals surface area contributed by atoms with Crippen molar-refractivity contribution in [2.45, 2.75) is 24.7 Å². The molecule has 5 heteroatoms. The van der Waals surface area contributed by atoms with E-state index in [1.165, 1.54) is 0 Å². The van der Waals surface area contributed by atoms with Crippen molar-refractivity contribution in [3.05, 3.63) is 24.3 Å². The van der Waals surface area contributed by atoms with Crippen LogP contribution in [0.4, 0.5) is 5.69 Å². The minimum atomic E-state index is -0.868. The monoisotopic (exact) mass is 293 g/mol. The molecule has 0 spiro atoms. The minimum Gasteiger partial charge on any atom is -0.481 e. The van der Waals surface area contributed by atoms with Crippen molar-refractivity contribution in [1.82, 2.24) is 0 Å². The number of anilines is 1. The summed E-state index contributed by atoms with van der Waals surface area (Å²) in [5.74, 6) is -1.76. The first kappa shape index (κ1) is 14.9. The number of carbonyl (C=O) groups is 2. The van der Waals surface area contributed by atoms with E-state index in [9.17, 15) is 14.7 Å². The number of benzene rings is 1. The standard InChI is InChI=1S/C15H19NO3S/c1-9-6-12(13(7-9)15(18)19)14(17)16-10-4-3-5-11(8-10)20-2/h3-5,8-9,12-13H,6-7H2,1-2H3,(H,16,17)(H,18,19). The van der Waals surface area contributed by atoms with Gasteiger partial charge in [0.1, 0.15) is 0 Å². The average Bonchev–Trinajstić information content (AvgIpc) is 2.81. The predicted octanol–water partition coefficient (Wildman–Crippen LogP) is 3.09. The molecule has 3 atom stereocenters. The fourth-order valence-corrected chi connectivity index (χ4v) is 3.25. The van der Waals surface area contributed by atoms with Gasteiger partial charge in [-0.25, -0.2) is 0 Å². The zero-order chi connectivity index (χ0) is 14.7. The van der Waals surface area contributed by atoms with Gasteiger partial charge in [-0.3, -0.25) is 9.59 Å². The molecule has 4 nitrogen and oxygen atoms in total. The Hall–Kier alpha value is -1.49. The molecule has 20 heavy (non-hydrogen) atoms. The maximum Gasteiger partial charge on any atom is 0.307 e. The van der Waals surface area contributed by atoms with E-state index in [4.69, 9.17) is 0 Å². The molecule has 0 saturated heterocycles. The fourth-order valence-electron chi connectivity index (χ4n) is 2.79. The third kappa shape index (κ3) is 3.33. The highest BCUT2D eigenvalue weighted by molar-refractivity contribution is 7.98. The third-order valence-electron chi connectivity index (χ3n) is 3.79. The van der Waals surface area contributed by atoms with Gasteiger partial charge in [0.25, 0.3) is 0 Å². The third-order valence-corrected chi connectivity index (χ3v) is 4.51. The van der Waals surface area contributed by atoms with Crippen LogP contribution in [0.1, 0.15) is 19.8 Å². The normalized spacial score (nSPS) is 25.4. The predicted molar refractivity (Wildman–Crippen MR) is 79.9 cm³/mol. The maximum atomic E-state index is 12.3. The zero-order valence-corrected chi connectivity index (χ0v) is 12.4. The Balaban J connectivity index is 2.09. The Morgan fingerprint density at radius 2 is 2.00 bits per heavy atom.